The van der Waals surface area contributed by atoms with E-state index in [2.05, 4.69) is 30.7 Å². The van der Waals surface area contributed by atoms with E-state index in [1.807, 2.05) is 0 Å². The first kappa shape index (κ1) is 9.10. The molecule has 3 heteroatoms. The number of hydrogen-bond donors (Lipinski definition) is 2. The van der Waals surface area contributed by atoms with Crippen LogP contribution in [0.1, 0.15) is 33.0 Å². The highest BCUT2D eigenvalue weighted by molar-refractivity contribution is 5.04. The monoisotopic (exact) mass is 168 g/mol. The molecule has 0 aliphatic carbocycles. The summed E-state index contributed by atoms with van der Waals surface area (Å²) in [6.45, 7) is 6.57. The summed E-state index contributed by atoms with van der Waals surface area (Å²) >= 11 is 0. The van der Waals surface area contributed by atoms with Gasteiger partial charge in [0.05, 0.1) is 6.20 Å². The van der Waals surface area contributed by atoms with Crippen LogP contribution >= 0.6 is 0 Å². The molecular formula is C9H16N2O. The lowest BCUT2D eigenvalue weighted by Gasteiger charge is -2.16. The van der Waals surface area contributed by atoms with Gasteiger partial charge in [-0.15, -0.1) is 0 Å². The van der Waals surface area contributed by atoms with Crippen molar-refractivity contribution in [2.45, 2.75) is 33.6 Å². The molecule has 0 amide bonds. The number of nitrogens with one attached hydrogen (secondary N) is 1. The summed E-state index contributed by atoms with van der Waals surface area (Å²) in [5, 5.41) is 8.94. The van der Waals surface area contributed by atoms with Crippen LogP contribution in [-0.4, -0.2) is 15.1 Å². The number of aryl methyl sites for hydroxylation is 1. The molecule has 0 atom stereocenters. The molecule has 0 aliphatic rings. The molecule has 0 fully saturated rings. The summed E-state index contributed by atoms with van der Waals surface area (Å²) < 4.78 is 0. The first-order valence-corrected chi connectivity index (χ1v) is 4.21. The Hall–Kier alpha value is -0.990. The van der Waals surface area contributed by atoms with Gasteiger partial charge in [0.25, 0.3) is 0 Å². The molecular weight excluding hydrogens is 152 g/mol. The van der Waals surface area contributed by atoms with E-state index in [-0.39, 0.29) is 5.88 Å². The zero-order chi connectivity index (χ0) is 9.19. The summed E-state index contributed by atoms with van der Waals surface area (Å²) in [5.74, 6) is 0.946. The summed E-state index contributed by atoms with van der Waals surface area (Å²) in [6, 6.07) is 0. The second kappa shape index (κ2) is 3.17. The fraction of sp³-hybridized carbons (Fsp3) is 0.667. The molecule has 0 aliphatic heterocycles. The summed E-state index contributed by atoms with van der Waals surface area (Å²) in [4.78, 5) is 6.83. The maximum atomic E-state index is 8.94. The Kier molecular flexibility index (Phi) is 2.40. The van der Waals surface area contributed by atoms with Crippen molar-refractivity contribution < 1.29 is 5.11 Å². The van der Waals surface area contributed by atoms with Crippen LogP contribution in [0.25, 0.3) is 0 Å². The Morgan fingerprint density at radius 1 is 1.50 bits per heavy atom. The molecule has 1 heterocycles. The Morgan fingerprint density at radius 2 is 2.17 bits per heavy atom. The molecule has 1 aromatic rings. The first-order chi connectivity index (χ1) is 5.47. The zero-order valence-corrected chi connectivity index (χ0v) is 7.89. The highest BCUT2D eigenvalue weighted by Gasteiger charge is 2.11. The van der Waals surface area contributed by atoms with Gasteiger partial charge in [-0.25, -0.2) is 0 Å². The fourth-order valence-corrected chi connectivity index (χ4v) is 0.972. The maximum absolute atomic E-state index is 8.94. The highest BCUT2D eigenvalue weighted by atomic mass is 16.3. The van der Waals surface area contributed by atoms with E-state index in [1.54, 1.807) is 0 Å². The second-order valence-electron chi connectivity index (χ2n) is 4.27. The van der Waals surface area contributed by atoms with Gasteiger partial charge in [0.1, 0.15) is 5.82 Å². The minimum absolute atomic E-state index is 0.0823. The summed E-state index contributed by atoms with van der Waals surface area (Å²) in [5.41, 5.74) is 0.322. The van der Waals surface area contributed by atoms with Crippen molar-refractivity contribution in [1.82, 2.24) is 9.97 Å². The van der Waals surface area contributed by atoms with Crippen LogP contribution in [0.3, 0.4) is 0 Å². The Morgan fingerprint density at radius 3 is 2.58 bits per heavy atom. The first-order valence-electron chi connectivity index (χ1n) is 4.21. The van der Waals surface area contributed by atoms with Gasteiger partial charge >= 0.3 is 0 Å². The van der Waals surface area contributed by atoms with Crippen LogP contribution < -0.4 is 0 Å². The average Bonchev–Trinajstić information content (AvgIpc) is 2.30. The standard InChI is InChI=1S/C9H16N2O/c1-9(2,3)5-4-7-10-6-8(12)11-7/h6,12H,4-5H2,1-3H3,(H,10,11). The van der Waals surface area contributed by atoms with Crippen LogP contribution in [0.15, 0.2) is 6.20 Å². The molecule has 0 aromatic carbocycles. The molecule has 3 nitrogen and oxygen atoms in total. The summed E-state index contributed by atoms with van der Waals surface area (Å²) in [6.07, 6.45) is 3.47. The molecule has 0 unspecified atom stereocenters. The molecule has 0 saturated heterocycles. The van der Waals surface area contributed by atoms with E-state index in [0.29, 0.717) is 5.41 Å². The van der Waals surface area contributed by atoms with Crippen LogP contribution in [0.4, 0.5) is 0 Å². The predicted molar refractivity (Wildman–Crippen MR) is 48.0 cm³/mol. The minimum Gasteiger partial charge on any atom is -0.492 e. The number of nitrogens with zero attached hydrogens (tertiary/aromatic N) is 1. The van der Waals surface area contributed by atoms with Crippen molar-refractivity contribution in [3.8, 4) is 5.88 Å². The summed E-state index contributed by atoms with van der Waals surface area (Å²) in [7, 11) is 0. The van der Waals surface area contributed by atoms with Gasteiger partial charge in [-0.1, -0.05) is 20.8 Å². The topological polar surface area (TPSA) is 48.9 Å². The van der Waals surface area contributed by atoms with E-state index in [4.69, 9.17) is 5.11 Å². The third kappa shape index (κ3) is 2.95. The number of imidazole rings is 1. The number of aromatic hydroxyl groups is 1. The van der Waals surface area contributed by atoms with Crippen molar-refractivity contribution in [2.24, 2.45) is 5.41 Å². The maximum Gasteiger partial charge on any atom is 0.229 e. The third-order valence-corrected chi connectivity index (χ3v) is 1.73. The number of aromatic amines is 1. The van der Waals surface area contributed by atoms with Gasteiger partial charge in [0.15, 0.2) is 0 Å². The normalized spacial score (nSPS) is 11.9. The lowest BCUT2D eigenvalue weighted by Crippen LogP contribution is -2.06. The van der Waals surface area contributed by atoms with Crippen molar-refractivity contribution in [3.05, 3.63) is 12.0 Å². The van der Waals surface area contributed by atoms with E-state index in [0.717, 1.165) is 18.7 Å². The fourth-order valence-electron chi connectivity index (χ4n) is 0.972. The highest BCUT2D eigenvalue weighted by Crippen LogP contribution is 2.20. The largest absolute Gasteiger partial charge is 0.492 e. The van der Waals surface area contributed by atoms with Crippen molar-refractivity contribution >= 4 is 0 Å². The molecule has 0 bridgehead atoms. The van der Waals surface area contributed by atoms with Gasteiger partial charge in [-0.2, -0.15) is 4.98 Å². The quantitative estimate of drug-likeness (QED) is 0.710. The molecule has 0 saturated carbocycles. The lowest BCUT2D eigenvalue weighted by molar-refractivity contribution is 0.374. The molecule has 68 valence electrons. The van der Waals surface area contributed by atoms with Crippen molar-refractivity contribution in [1.29, 1.82) is 0 Å². The number of hydrogen-bond acceptors (Lipinski definition) is 2. The van der Waals surface area contributed by atoms with Crippen LogP contribution in [-0.2, 0) is 6.42 Å². The van der Waals surface area contributed by atoms with Crippen LogP contribution in [0, 0.1) is 5.41 Å². The van der Waals surface area contributed by atoms with Gasteiger partial charge in [0, 0.05) is 6.42 Å². The molecule has 0 radical (unpaired) electrons. The average molecular weight is 168 g/mol. The third-order valence-electron chi connectivity index (χ3n) is 1.73. The van der Waals surface area contributed by atoms with Crippen LogP contribution in [0.2, 0.25) is 0 Å². The minimum atomic E-state index is 0.0823. The number of rotatable bonds is 2. The predicted octanol–water partition coefficient (Wildman–Crippen LogP) is 2.09. The van der Waals surface area contributed by atoms with Gasteiger partial charge in [-0.3, -0.25) is 0 Å². The second-order valence-corrected chi connectivity index (χ2v) is 4.27. The van der Waals surface area contributed by atoms with Crippen LogP contribution in [0.5, 0.6) is 5.88 Å². The van der Waals surface area contributed by atoms with Gasteiger partial charge < -0.3 is 10.1 Å². The molecule has 2 N–H and O–H groups in total. The van der Waals surface area contributed by atoms with E-state index in [9.17, 15) is 0 Å². The smallest absolute Gasteiger partial charge is 0.229 e. The molecule has 12 heavy (non-hydrogen) atoms. The van der Waals surface area contributed by atoms with Crippen molar-refractivity contribution in [3.63, 3.8) is 0 Å². The zero-order valence-electron chi connectivity index (χ0n) is 7.89. The van der Waals surface area contributed by atoms with Gasteiger partial charge in [-0.05, 0) is 11.8 Å². The molecule has 1 rings (SSSR count). The van der Waals surface area contributed by atoms with E-state index in [1.165, 1.54) is 6.20 Å². The SMILES string of the molecule is CC(C)(C)CCc1nc(O)c[nH]1. The lowest BCUT2D eigenvalue weighted by atomic mass is 9.90. The Balaban J connectivity index is 2.44. The Bertz CT molecular complexity index is 247. The number of aromatic nitrogens is 2. The molecule has 1 aromatic heterocycles. The van der Waals surface area contributed by atoms with E-state index >= 15 is 0 Å². The van der Waals surface area contributed by atoms with Crippen molar-refractivity contribution in [2.75, 3.05) is 0 Å². The van der Waals surface area contributed by atoms with Gasteiger partial charge in [0.2, 0.25) is 5.88 Å². The van der Waals surface area contributed by atoms with E-state index < -0.39 is 0 Å². The molecule has 0 spiro atoms. The Labute approximate surface area is 72.8 Å². The number of H-pyrrole nitrogens is 1.